The van der Waals surface area contributed by atoms with E-state index >= 15 is 0 Å². The number of hydrogen-bond acceptors (Lipinski definition) is 4. The molecular formula is C18H24N2O4. The highest BCUT2D eigenvalue weighted by Crippen LogP contribution is 2.25. The van der Waals surface area contributed by atoms with Crippen LogP contribution < -0.4 is 5.32 Å². The quantitative estimate of drug-likeness (QED) is 0.585. The van der Waals surface area contributed by atoms with E-state index < -0.39 is 12.3 Å². The number of rotatable bonds is 8. The fourth-order valence-electron chi connectivity index (χ4n) is 2.64. The van der Waals surface area contributed by atoms with Crippen molar-refractivity contribution in [3.8, 4) is 0 Å². The summed E-state index contributed by atoms with van der Waals surface area (Å²) in [5, 5.41) is 2.67. The first-order valence-electron chi connectivity index (χ1n) is 8.50. The molecule has 0 fully saturated rings. The molecule has 1 N–H and O–H groups in total. The number of amides is 3. The summed E-state index contributed by atoms with van der Waals surface area (Å²) >= 11 is 0. The lowest BCUT2D eigenvalue weighted by molar-refractivity contribution is 0.0531. The molecule has 1 aliphatic heterocycles. The van der Waals surface area contributed by atoms with E-state index in [4.69, 9.17) is 4.74 Å². The van der Waals surface area contributed by atoms with Crippen molar-refractivity contribution in [1.82, 2.24) is 10.2 Å². The van der Waals surface area contributed by atoms with Gasteiger partial charge in [-0.2, -0.15) is 0 Å². The van der Waals surface area contributed by atoms with Crippen LogP contribution in [0.4, 0.5) is 4.79 Å². The van der Waals surface area contributed by atoms with E-state index in [1.54, 1.807) is 24.3 Å². The molecule has 0 saturated heterocycles. The molecule has 1 unspecified atom stereocenters. The van der Waals surface area contributed by atoms with Crippen LogP contribution in [-0.4, -0.2) is 35.6 Å². The topological polar surface area (TPSA) is 75.7 Å². The lowest BCUT2D eigenvalue weighted by Crippen LogP contribution is -2.51. The van der Waals surface area contributed by atoms with Gasteiger partial charge in [0, 0.05) is 0 Å². The number of imide groups is 1. The number of carbonyl (C=O) groups is 3. The predicted molar refractivity (Wildman–Crippen MR) is 89.6 cm³/mol. The number of carbonyl (C=O) groups excluding carboxylic acids is 3. The Bertz CT molecular complexity index is 580. The zero-order chi connectivity index (χ0) is 17.5. The minimum Gasteiger partial charge on any atom is -0.450 e. The van der Waals surface area contributed by atoms with Gasteiger partial charge in [0.15, 0.2) is 0 Å². The number of hydrogen-bond donors (Lipinski definition) is 1. The molecule has 0 bridgehead atoms. The first kappa shape index (κ1) is 18.0. The highest BCUT2D eigenvalue weighted by Gasteiger charge is 2.40. The molecule has 1 atom stereocenters. The molecular weight excluding hydrogens is 308 g/mol. The number of alkyl carbamates (subject to hydrolysis) is 1. The molecule has 0 spiro atoms. The molecule has 2 rings (SSSR count). The van der Waals surface area contributed by atoms with Crippen LogP contribution in [0.1, 0.15) is 66.7 Å². The standard InChI is InChI=1S/C18H24N2O4/c1-3-5-11-15(19-18(23)24-12-6-4-2)20-16(21)13-9-7-8-10-14(13)17(20)22/h7-10,15H,3-6,11-12H2,1-2H3,(H,19,23). The van der Waals surface area contributed by atoms with Crippen LogP contribution in [0.15, 0.2) is 24.3 Å². The highest BCUT2D eigenvalue weighted by molar-refractivity contribution is 6.21. The summed E-state index contributed by atoms with van der Waals surface area (Å²) in [6, 6.07) is 6.71. The van der Waals surface area contributed by atoms with Crippen molar-refractivity contribution in [2.24, 2.45) is 0 Å². The molecule has 0 saturated carbocycles. The summed E-state index contributed by atoms with van der Waals surface area (Å²) in [6.45, 7) is 4.34. The van der Waals surface area contributed by atoms with Gasteiger partial charge in [-0.05, 0) is 31.4 Å². The van der Waals surface area contributed by atoms with E-state index in [1.807, 2.05) is 13.8 Å². The minimum absolute atomic E-state index is 0.324. The monoisotopic (exact) mass is 332 g/mol. The van der Waals surface area contributed by atoms with Gasteiger partial charge < -0.3 is 10.1 Å². The summed E-state index contributed by atoms with van der Waals surface area (Å²) in [7, 11) is 0. The van der Waals surface area contributed by atoms with Gasteiger partial charge >= 0.3 is 6.09 Å². The maximum absolute atomic E-state index is 12.6. The van der Waals surface area contributed by atoms with Crippen molar-refractivity contribution in [2.45, 2.75) is 52.1 Å². The minimum atomic E-state index is -0.688. The zero-order valence-corrected chi connectivity index (χ0v) is 14.2. The molecule has 0 aromatic heterocycles. The van der Waals surface area contributed by atoms with Crippen molar-refractivity contribution >= 4 is 17.9 Å². The summed E-state index contributed by atoms with van der Waals surface area (Å²) in [5.41, 5.74) is 0.760. The van der Waals surface area contributed by atoms with Crippen LogP contribution in [0.3, 0.4) is 0 Å². The molecule has 0 radical (unpaired) electrons. The largest absolute Gasteiger partial charge is 0.450 e. The predicted octanol–water partition coefficient (Wildman–Crippen LogP) is 3.33. The van der Waals surface area contributed by atoms with Crippen LogP contribution in [0.25, 0.3) is 0 Å². The Morgan fingerprint density at radius 3 is 2.21 bits per heavy atom. The fraction of sp³-hybridized carbons (Fsp3) is 0.500. The van der Waals surface area contributed by atoms with Crippen molar-refractivity contribution in [2.75, 3.05) is 6.61 Å². The van der Waals surface area contributed by atoms with E-state index in [2.05, 4.69) is 5.32 Å². The van der Waals surface area contributed by atoms with E-state index in [9.17, 15) is 14.4 Å². The summed E-state index contributed by atoms with van der Waals surface area (Å²) in [4.78, 5) is 38.2. The second kappa shape index (κ2) is 8.47. The normalized spacial score (nSPS) is 14.5. The molecule has 6 heteroatoms. The van der Waals surface area contributed by atoms with Crippen molar-refractivity contribution in [3.05, 3.63) is 35.4 Å². The van der Waals surface area contributed by atoms with Crippen LogP contribution >= 0.6 is 0 Å². The Morgan fingerprint density at radius 2 is 1.67 bits per heavy atom. The highest BCUT2D eigenvalue weighted by atomic mass is 16.5. The first-order valence-corrected chi connectivity index (χ1v) is 8.50. The van der Waals surface area contributed by atoms with Crippen molar-refractivity contribution < 1.29 is 19.1 Å². The molecule has 130 valence electrons. The molecule has 1 aromatic rings. The number of nitrogens with zero attached hydrogens (tertiary/aromatic N) is 1. The third kappa shape index (κ3) is 3.93. The van der Waals surface area contributed by atoms with Crippen molar-refractivity contribution in [3.63, 3.8) is 0 Å². The summed E-state index contributed by atoms with van der Waals surface area (Å²) in [6.07, 6.45) is 2.60. The molecule has 0 aliphatic carbocycles. The average molecular weight is 332 g/mol. The van der Waals surface area contributed by atoms with Gasteiger partial charge in [-0.25, -0.2) is 4.79 Å². The van der Waals surface area contributed by atoms with E-state index in [0.29, 0.717) is 24.2 Å². The summed E-state index contributed by atoms with van der Waals surface area (Å²) < 4.78 is 5.10. The molecule has 1 aromatic carbocycles. The number of unbranched alkanes of at least 4 members (excludes halogenated alkanes) is 2. The van der Waals surface area contributed by atoms with E-state index in [1.165, 1.54) is 0 Å². The van der Waals surface area contributed by atoms with Gasteiger partial charge in [0.25, 0.3) is 11.8 Å². The van der Waals surface area contributed by atoms with E-state index in [0.717, 1.165) is 30.6 Å². The third-order valence-corrected chi connectivity index (χ3v) is 3.98. The van der Waals surface area contributed by atoms with Crippen LogP contribution in [0.5, 0.6) is 0 Å². The average Bonchev–Trinajstić information content (AvgIpc) is 2.83. The molecule has 1 heterocycles. The number of benzene rings is 1. The lowest BCUT2D eigenvalue weighted by Gasteiger charge is -2.26. The first-order chi connectivity index (χ1) is 11.6. The van der Waals surface area contributed by atoms with Crippen LogP contribution in [0, 0.1) is 0 Å². The molecule has 6 nitrogen and oxygen atoms in total. The zero-order valence-electron chi connectivity index (χ0n) is 14.2. The second-order valence-electron chi connectivity index (χ2n) is 5.82. The Kier molecular flexibility index (Phi) is 6.35. The Morgan fingerprint density at radius 1 is 1.08 bits per heavy atom. The number of nitrogens with one attached hydrogen (secondary N) is 1. The molecule has 24 heavy (non-hydrogen) atoms. The van der Waals surface area contributed by atoms with Gasteiger partial charge in [-0.15, -0.1) is 0 Å². The SMILES string of the molecule is CCCCOC(=O)NC(CCCC)N1C(=O)c2ccccc2C1=O. The molecule has 3 amide bonds. The van der Waals surface area contributed by atoms with Crippen LogP contribution in [-0.2, 0) is 4.74 Å². The van der Waals surface area contributed by atoms with E-state index in [-0.39, 0.29) is 11.8 Å². The third-order valence-electron chi connectivity index (χ3n) is 3.98. The maximum Gasteiger partial charge on any atom is 0.408 e. The molecule has 1 aliphatic rings. The second-order valence-corrected chi connectivity index (χ2v) is 5.82. The van der Waals surface area contributed by atoms with Gasteiger partial charge in [0.2, 0.25) is 0 Å². The van der Waals surface area contributed by atoms with Crippen molar-refractivity contribution in [1.29, 1.82) is 0 Å². The van der Waals surface area contributed by atoms with Crippen LogP contribution in [0.2, 0.25) is 0 Å². The number of ether oxygens (including phenoxy) is 1. The van der Waals surface area contributed by atoms with Gasteiger partial charge in [-0.3, -0.25) is 14.5 Å². The Balaban J connectivity index is 2.12. The maximum atomic E-state index is 12.6. The smallest absolute Gasteiger partial charge is 0.408 e. The van der Waals surface area contributed by atoms with Gasteiger partial charge in [-0.1, -0.05) is 38.8 Å². The lowest BCUT2D eigenvalue weighted by atomic mass is 10.1. The van der Waals surface area contributed by atoms with Gasteiger partial charge in [0.05, 0.1) is 17.7 Å². The summed E-state index contributed by atoms with van der Waals surface area (Å²) in [5.74, 6) is -0.740. The van der Waals surface area contributed by atoms with Gasteiger partial charge in [0.1, 0.15) is 6.17 Å². The fourth-order valence-corrected chi connectivity index (χ4v) is 2.64. The Hall–Kier alpha value is -2.37. The Labute approximate surface area is 142 Å². The number of fused-ring (bicyclic) bond motifs is 1.